The van der Waals surface area contributed by atoms with Crippen LogP contribution < -0.4 is 4.74 Å². The summed E-state index contributed by atoms with van der Waals surface area (Å²) in [6.45, 7) is 3.70. The summed E-state index contributed by atoms with van der Waals surface area (Å²) in [5.41, 5.74) is 2.59. The van der Waals surface area contributed by atoms with E-state index in [0.29, 0.717) is 23.3 Å². The van der Waals surface area contributed by atoms with Crippen LogP contribution in [0.5, 0.6) is 11.5 Å². The maximum absolute atomic E-state index is 11.6. The van der Waals surface area contributed by atoms with Crippen molar-refractivity contribution in [3.8, 4) is 11.5 Å². The zero-order valence-electron chi connectivity index (χ0n) is 14.4. The standard InChI is InChI=1S/C20H22O5/c1-3-4-18-15(7-10-17(13(2)21)20(18)24)12-25-16-8-5-14(6-9-16)11-19(22)23/h5-10,24H,3-4,11-12H2,1-2H3,(H,22,23). The molecule has 0 aliphatic carbocycles. The molecule has 0 unspecified atom stereocenters. The Morgan fingerprint density at radius 2 is 1.76 bits per heavy atom. The highest BCUT2D eigenvalue weighted by Gasteiger charge is 2.15. The SMILES string of the molecule is CCCc1c(COc2ccc(CC(=O)O)cc2)ccc(C(C)=O)c1O. The average molecular weight is 342 g/mol. The van der Waals surface area contributed by atoms with Crippen molar-refractivity contribution in [1.82, 2.24) is 0 Å². The predicted octanol–water partition coefficient (Wildman–Crippen LogP) is 3.75. The normalized spacial score (nSPS) is 10.5. The van der Waals surface area contributed by atoms with Gasteiger partial charge < -0.3 is 14.9 Å². The summed E-state index contributed by atoms with van der Waals surface area (Å²) in [7, 11) is 0. The minimum Gasteiger partial charge on any atom is -0.507 e. The molecule has 0 aliphatic rings. The lowest BCUT2D eigenvalue weighted by atomic mass is 9.97. The number of Topliss-reactive ketones (excluding diaryl/α,β-unsaturated/α-hetero) is 1. The number of hydrogen-bond acceptors (Lipinski definition) is 4. The molecule has 0 aromatic heterocycles. The van der Waals surface area contributed by atoms with Gasteiger partial charge in [0.15, 0.2) is 5.78 Å². The van der Waals surface area contributed by atoms with Gasteiger partial charge in [0.05, 0.1) is 12.0 Å². The first-order valence-corrected chi connectivity index (χ1v) is 8.20. The summed E-state index contributed by atoms with van der Waals surface area (Å²) < 4.78 is 5.75. The van der Waals surface area contributed by atoms with Crippen LogP contribution in [-0.2, 0) is 24.2 Å². The van der Waals surface area contributed by atoms with Crippen LogP contribution in [0.4, 0.5) is 0 Å². The first-order valence-electron chi connectivity index (χ1n) is 8.20. The molecule has 5 nitrogen and oxygen atoms in total. The number of ether oxygens (including phenoxy) is 1. The van der Waals surface area contributed by atoms with Gasteiger partial charge in [0.1, 0.15) is 18.1 Å². The van der Waals surface area contributed by atoms with Gasteiger partial charge in [-0.05, 0) is 42.7 Å². The molecule has 0 radical (unpaired) electrons. The van der Waals surface area contributed by atoms with Gasteiger partial charge in [0.25, 0.3) is 0 Å². The van der Waals surface area contributed by atoms with Crippen LogP contribution in [0.3, 0.4) is 0 Å². The van der Waals surface area contributed by atoms with Gasteiger partial charge in [-0.25, -0.2) is 0 Å². The average Bonchev–Trinajstić information content (AvgIpc) is 2.56. The quantitative estimate of drug-likeness (QED) is 0.714. The van der Waals surface area contributed by atoms with Crippen molar-refractivity contribution in [2.45, 2.75) is 39.7 Å². The summed E-state index contributed by atoms with van der Waals surface area (Å²) >= 11 is 0. The Kier molecular flexibility index (Phi) is 6.17. The van der Waals surface area contributed by atoms with E-state index in [9.17, 15) is 14.7 Å². The smallest absolute Gasteiger partial charge is 0.307 e. The van der Waals surface area contributed by atoms with E-state index in [0.717, 1.165) is 17.5 Å². The zero-order chi connectivity index (χ0) is 18.4. The van der Waals surface area contributed by atoms with Crippen molar-refractivity contribution in [3.63, 3.8) is 0 Å². The third kappa shape index (κ3) is 4.83. The number of aliphatic carboxylic acids is 1. The third-order valence-corrected chi connectivity index (χ3v) is 3.93. The molecule has 2 aromatic rings. The van der Waals surface area contributed by atoms with Gasteiger partial charge in [0, 0.05) is 5.56 Å². The van der Waals surface area contributed by atoms with Gasteiger partial charge in [-0.1, -0.05) is 31.5 Å². The summed E-state index contributed by atoms with van der Waals surface area (Å²) in [4.78, 5) is 22.3. The minimum absolute atomic E-state index is 0.0265. The number of rotatable bonds is 8. The van der Waals surface area contributed by atoms with Gasteiger partial charge in [-0.15, -0.1) is 0 Å². The number of carboxylic acid groups (broad SMARTS) is 1. The Balaban J connectivity index is 2.15. The number of hydrogen-bond donors (Lipinski definition) is 2. The third-order valence-electron chi connectivity index (χ3n) is 3.93. The molecule has 132 valence electrons. The number of benzene rings is 2. The second-order valence-electron chi connectivity index (χ2n) is 5.91. The van der Waals surface area contributed by atoms with E-state index in [1.54, 1.807) is 36.4 Å². The van der Waals surface area contributed by atoms with E-state index in [-0.39, 0.29) is 24.6 Å². The lowest BCUT2D eigenvalue weighted by Gasteiger charge is -2.14. The highest BCUT2D eigenvalue weighted by molar-refractivity contribution is 5.97. The molecule has 0 amide bonds. The largest absolute Gasteiger partial charge is 0.507 e. The number of phenolic OH excluding ortho intramolecular Hbond substituents is 1. The summed E-state index contributed by atoms with van der Waals surface area (Å²) in [5.74, 6) is -0.394. The lowest BCUT2D eigenvalue weighted by Crippen LogP contribution is -2.04. The van der Waals surface area contributed by atoms with E-state index >= 15 is 0 Å². The predicted molar refractivity (Wildman–Crippen MR) is 94.2 cm³/mol. The molecule has 2 rings (SSSR count). The van der Waals surface area contributed by atoms with Gasteiger partial charge in [-0.3, -0.25) is 9.59 Å². The number of phenols is 1. The van der Waals surface area contributed by atoms with Crippen molar-refractivity contribution >= 4 is 11.8 Å². The fourth-order valence-corrected chi connectivity index (χ4v) is 2.67. The fraction of sp³-hybridized carbons (Fsp3) is 0.300. The molecule has 0 aliphatic heterocycles. The molecule has 2 aromatic carbocycles. The van der Waals surface area contributed by atoms with Gasteiger partial charge in [-0.2, -0.15) is 0 Å². The fourth-order valence-electron chi connectivity index (χ4n) is 2.67. The van der Waals surface area contributed by atoms with Crippen LogP contribution in [0.15, 0.2) is 36.4 Å². The Labute approximate surface area is 146 Å². The summed E-state index contributed by atoms with van der Waals surface area (Å²) in [5, 5.41) is 19.1. The van der Waals surface area contributed by atoms with Crippen molar-refractivity contribution in [2.75, 3.05) is 0 Å². The van der Waals surface area contributed by atoms with Crippen molar-refractivity contribution in [2.24, 2.45) is 0 Å². The molecular weight excluding hydrogens is 320 g/mol. The number of carbonyl (C=O) groups is 2. The number of carboxylic acids is 1. The van der Waals surface area contributed by atoms with Crippen LogP contribution in [0.25, 0.3) is 0 Å². The number of carbonyl (C=O) groups excluding carboxylic acids is 1. The highest BCUT2D eigenvalue weighted by atomic mass is 16.5. The van der Waals surface area contributed by atoms with E-state index in [2.05, 4.69) is 0 Å². The molecule has 0 heterocycles. The van der Waals surface area contributed by atoms with Crippen molar-refractivity contribution in [1.29, 1.82) is 0 Å². The van der Waals surface area contributed by atoms with Crippen molar-refractivity contribution < 1.29 is 24.5 Å². The van der Waals surface area contributed by atoms with Crippen LogP contribution in [0, 0.1) is 0 Å². The summed E-state index contributed by atoms with van der Waals surface area (Å²) in [6.07, 6.45) is 1.47. The maximum Gasteiger partial charge on any atom is 0.307 e. The molecule has 0 spiro atoms. The molecule has 0 bridgehead atoms. The van der Waals surface area contributed by atoms with Crippen LogP contribution in [-0.4, -0.2) is 22.0 Å². The van der Waals surface area contributed by atoms with Crippen LogP contribution in [0.2, 0.25) is 0 Å². The molecule has 0 saturated carbocycles. The van der Waals surface area contributed by atoms with E-state index in [1.165, 1.54) is 6.92 Å². The number of aromatic hydroxyl groups is 1. The molecule has 0 fully saturated rings. The van der Waals surface area contributed by atoms with Crippen molar-refractivity contribution in [3.05, 3.63) is 58.7 Å². The van der Waals surface area contributed by atoms with E-state index < -0.39 is 5.97 Å². The molecule has 0 atom stereocenters. The second kappa shape index (κ2) is 8.33. The molecule has 25 heavy (non-hydrogen) atoms. The monoisotopic (exact) mass is 342 g/mol. The Bertz CT molecular complexity index is 762. The minimum atomic E-state index is -0.876. The molecule has 5 heteroatoms. The Morgan fingerprint density at radius 3 is 2.32 bits per heavy atom. The van der Waals surface area contributed by atoms with Gasteiger partial charge in [0.2, 0.25) is 0 Å². The van der Waals surface area contributed by atoms with Crippen LogP contribution in [0.1, 0.15) is 47.3 Å². The topological polar surface area (TPSA) is 83.8 Å². The van der Waals surface area contributed by atoms with Crippen LogP contribution >= 0.6 is 0 Å². The Morgan fingerprint density at radius 1 is 1.08 bits per heavy atom. The maximum atomic E-state index is 11.6. The molecular formula is C20H22O5. The number of ketones is 1. The first kappa shape index (κ1) is 18.5. The highest BCUT2D eigenvalue weighted by Crippen LogP contribution is 2.29. The Hall–Kier alpha value is -2.82. The first-order chi connectivity index (χ1) is 11.9. The van der Waals surface area contributed by atoms with Gasteiger partial charge >= 0.3 is 5.97 Å². The van der Waals surface area contributed by atoms with E-state index in [1.807, 2.05) is 6.92 Å². The molecule has 2 N–H and O–H groups in total. The van der Waals surface area contributed by atoms with E-state index in [4.69, 9.17) is 9.84 Å². The zero-order valence-corrected chi connectivity index (χ0v) is 14.4. The summed E-state index contributed by atoms with van der Waals surface area (Å²) in [6, 6.07) is 10.3. The lowest BCUT2D eigenvalue weighted by molar-refractivity contribution is -0.136. The second-order valence-corrected chi connectivity index (χ2v) is 5.91. The molecule has 0 saturated heterocycles.